The molecule has 0 spiro atoms. The summed E-state index contributed by atoms with van der Waals surface area (Å²) in [6.45, 7) is 3.97. The Hall–Kier alpha value is -3.28. The molecule has 2 rings (SSSR count). The molecular weight excluding hydrogens is 308 g/mol. The molecule has 0 radical (unpaired) electrons. The summed E-state index contributed by atoms with van der Waals surface area (Å²) in [6.07, 6.45) is 2.99. The number of ether oxygens (including phenoxy) is 2. The van der Waals surface area contributed by atoms with E-state index >= 15 is 0 Å². The minimum absolute atomic E-state index is 0.0401. The first kappa shape index (κ1) is 17.1. The molecule has 0 atom stereocenters. The molecule has 124 valence electrons. The number of para-hydroxylation sites is 1. The SMILES string of the molecule is C=CCOc1ccc(C(=O)NN=Cc2cccc(OC)c2O)cc1. The van der Waals surface area contributed by atoms with E-state index in [1.807, 2.05) is 0 Å². The van der Waals surface area contributed by atoms with Gasteiger partial charge in [0.1, 0.15) is 12.4 Å². The predicted octanol–water partition coefficient (Wildman–Crippen LogP) is 2.73. The van der Waals surface area contributed by atoms with Crippen molar-refractivity contribution >= 4 is 12.1 Å². The van der Waals surface area contributed by atoms with Gasteiger partial charge in [0.15, 0.2) is 11.5 Å². The van der Waals surface area contributed by atoms with Crippen LogP contribution in [0.1, 0.15) is 15.9 Å². The number of carbonyl (C=O) groups is 1. The molecule has 0 aliphatic carbocycles. The van der Waals surface area contributed by atoms with Gasteiger partial charge in [-0.1, -0.05) is 18.7 Å². The molecule has 2 aromatic carbocycles. The highest BCUT2D eigenvalue weighted by atomic mass is 16.5. The van der Waals surface area contributed by atoms with Crippen molar-refractivity contribution in [2.24, 2.45) is 5.10 Å². The number of hydrogen-bond acceptors (Lipinski definition) is 5. The largest absolute Gasteiger partial charge is 0.504 e. The van der Waals surface area contributed by atoms with Gasteiger partial charge >= 0.3 is 0 Å². The third-order valence-corrected chi connectivity index (χ3v) is 3.10. The van der Waals surface area contributed by atoms with Crippen LogP contribution in [0.3, 0.4) is 0 Å². The van der Waals surface area contributed by atoms with Crippen LogP contribution < -0.4 is 14.9 Å². The molecule has 6 nitrogen and oxygen atoms in total. The second-order valence-corrected chi connectivity index (χ2v) is 4.72. The van der Waals surface area contributed by atoms with Gasteiger partial charge in [-0.2, -0.15) is 5.10 Å². The number of hydrazone groups is 1. The third-order valence-electron chi connectivity index (χ3n) is 3.10. The molecule has 1 amide bonds. The fourth-order valence-electron chi connectivity index (χ4n) is 1.89. The van der Waals surface area contributed by atoms with Crippen molar-refractivity contribution in [1.82, 2.24) is 5.43 Å². The van der Waals surface area contributed by atoms with E-state index in [4.69, 9.17) is 9.47 Å². The molecule has 0 saturated heterocycles. The number of benzene rings is 2. The first-order valence-corrected chi connectivity index (χ1v) is 7.19. The average Bonchev–Trinajstić information content (AvgIpc) is 2.61. The van der Waals surface area contributed by atoms with Gasteiger partial charge in [-0.05, 0) is 36.4 Å². The molecule has 0 unspecified atom stereocenters. The molecule has 24 heavy (non-hydrogen) atoms. The standard InChI is InChI=1S/C18H18N2O4/c1-3-11-24-15-9-7-13(8-10-15)18(22)20-19-12-14-5-4-6-16(23-2)17(14)21/h3-10,12,21H,1,11H2,2H3,(H,20,22). The van der Waals surface area contributed by atoms with E-state index in [9.17, 15) is 9.90 Å². The zero-order valence-corrected chi connectivity index (χ0v) is 13.2. The molecule has 2 N–H and O–H groups in total. The van der Waals surface area contributed by atoms with Crippen LogP contribution in [0.25, 0.3) is 0 Å². The second-order valence-electron chi connectivity index (χ2n) is 4.72. The summed E-state index contributed by atoms with van der Waals surface area (Å²) in [6, 6.07) is 11.6. The number of nitrogens with zero attached hydrogens (tertiary/aromatic N) is 1. The Morgan fingerprint density at radius 3 is 2.71 bits per heavy atom. The number of phenolic OH excluding ortho intramolecular Hbond substituents is 1. The quantitative estimate of drug-likeness (QED) is 0.466. The van der Waals surface area contributed by atoms with Crippen molar-refractivity contribution in [2.75, 3.05) is 13.7 Å². The van der Waals surface area contributed by atoms with E-state index < -0.39 is 0 Å². The Labute approximate surface area is 140 Å². The summed E-state index contributed by atoms with van der Waals surface area (Å²) in [5.41, 5.74) is 3.27. The van der Waals surface area contributed by atoms with Crippen LogP contribution in [-0.2, 0) is 0 Å². The summed E-state index contributed by atoms with van der Waals surface area (Å²) in [5, 5.41) is 13.8. The van der Waals surface area contributed by atoms with Crippen molar-refractivity contribution in [2.45, 2.75) is 0 Å². The summed E-state index contributed by atoms with van der Waals surface area (Å²) in [5.74, 6) is 0.572. The Balaban J connectivity index is 1.98. The van der Waals surface area contributed by atoms with Crippen LogP contribution in [0.4, 0.5) is 0 Å². The summed E-state index contributed by atoms with van der Waals surface area (Å²) in [4.78, 5) is 12.0. The number of hydrogen-bond donors (Lipinski definition) is 2. The molecule has 0 saturated carbocycles. The van der Waals surface area contributed by atoms with Gasteiger partial charge in [-0.3, -0.25) is 4.79 Å². The lowest BCUT2D eigenvalue weighted by molar-refractivity contribution is 0.0955. The van der Waals surface area contributed by atoms with E-state index in [1.165, 1.54) is 13.3 Å². The first-order valence-electron chi connectivity index (χ1n) is 7.19. The number of nitrogens with one attached hydrogen (secondary N) is 1. The molecule has 2 aromatic rings. The maximum atomic E-state index is 12.0. The second kappa shape index (κ2) is 8.38. The molecule has 6 heteroatoms. The van der Waals surface area contributed by atoms with Crippen LogP contribution in [0.15, 0.2) is 60.2 Å². The smallest absolute Gasteiger partial charge is 0.271 e. The fraction of sp³-hybridized carbons (Fsp3) is 0.111. The highest BCUT2D eigenvalue weighted by Crippen LogP contribution is 2.27. The molecule has 0 aliphatic rings. The van der Waals surface area contributed by atoms with Gasteiger partial charge in [0.25, 0.3) is 5.91 Å². The third kappa shape index (κ3) is 4.36. The lowest BCUT2D eigenvalue weighted by Crippen LogP contribution is -2.17. The van der Waals surface area contributed by atoms with Crippen LogP contribution in [-0.4, -0.2) is 30.9 Å². The minimum atomic E-state index is -0.371. The summed E-state index contributed by atoms with van der Waals surface area (Å²) < 4.78 is 10.3. The van der Waals surface area contributed by atoms with E-state index in [-0.39, 0.29) is 11.7 Å². The topological polar surface area (TPSA) is 80.2 Å². The Morgan fingerprint density at radius 2 is 2.04 bits per heavy atom. The van der Waals surface area contributed by atoms with Crippen molar-refractivity contribution < 1.29 is 19.4 Å². The van der Waals surface area contributed by atoms with E-state index in [0.717, 1.165) is 0 Å². The Morgan fingerprint density at radius 1 is 1.29 bits per heavy atom. The highest BCUT2D eigenvalue weighted by Gasteiger charge is 2.06. The van der Waals surface area contributed by atoms with Gasteiger partial charge in [-0.15, -0.1) is 0 Å². The molecule has 0 bridgehead atoms. The Bertz CT molecular complexity index is 739. The molecule has 0 heterocycles. The maximum Gasteiger partial charge on any atom is 0.271 e. The summed E-state index contributed by atoms with van der Waals surface area (Å²) in [7, 11) is 1.46. The normalized spacial score (nSPS) is 10.4. The molecule has 0 fully saturated rings. The van der Waals surface area contributed by atoms with E-state index in [0.29, 0.717) is 29.2 Å². The average molecular weight is 326 g/mol. The van der Waals surface area contributed by atoms with Crippen LogP contribution in [0.2, 0.25) is 0 Å². The number of methoxy groups -OCH3 is 1. The number of aromatic hydroxyl groups is 1. The van der Waals surface area contributed by atoms with E-state index in [1.54, 1.807) is 48.5 Å². The highest BCUT2D eigenvalue weighted by molar-refractivity contribution is 5.95. The fourth-order valence-corrected chi connectivity index (χ4v) is 1.89. The zero-order valence-electron chi connectivity index (χ0n) is 13.2. The number of phenols is 1. The zero-order chi connectivity index (χ0) is 17.4. The van der Waals surface area contributed by atoms with Crippen LogP contribution in [0, 0.1) is 0 Å². The van der Waals surface area contributed by atoms with Crippen LogP contribution >= 0.6 is 0 Å². The van der Waals surface area contributed by atoms with Gasteiger partial charge in [0.05, 0.1) is 13.3 Å². The van der Waals surface area contributed by atoms with Gasteiger partial charge in [0.2, 0.25) is 0 Å². The molecule has 0 aliphatic heterocycles. The predicted molar refractivity (Wildman–Crippen MR) is 91.9 cm³/mol. The number of amides is 1. The monoisotopic (exact) mass is 326 g/mol. The van der Waals surface area contributed by atoms with Gasteiger partial charge < -0.3 is 14.6 Å². The number of rotatable bonds is 7. The van der Waals surface area contributed by atoms with Gasteiger partial charge in [-0.25, -0.2) is 5.43 Å². The minimum Gasteiger partial charge on any atom is -0.504 e. The lowest BCUT2D eigenvalue weighted by Gasteiger charge is -2.05. The lowest BCUT2D eigenvalue weighted by atomic mass is 10.2. The maximum absolute atomic E-state index is 12.0. The first-order chi connectivity index (χ1) is 11.7. The summed E-state index contributed by atoms with van der Waals surface area (Å²) >= 11 is 0. The molecular formula is C18H18N2O4. The van der Waals surface area contributed by atoms with Crippen molar-refractivity contribution in [3.05, 3.63) is 66.2 Å². The number of carbonyl (C=O) groups excluding carboxylic acids is 1. The van der Waals surface area contributed by atoms with Crippen molar-refractivity contribution in [3.8, 4) is 17.2 Å². The van der Waals surface area contributed by atoms with Gasteiger partial charge in [0, 0.05) is 11.1 Å². The van der Waals surface area contributed by atoms with Crippen LogP contribution in [0.5, 0.6) is 17.2 Å². The van der Waals surface area contributed by atoms with Crippen molar-refractivity contribution in [1.29, 1.82) is 0 Å². The van der Waals surface area contributed by atoms with E-state index in [2.05, 4.69) is 17.1 Å². The Kier molecular flexibility index (Phi) is 5.96. The van der Waals surface area contributed by atoms with Crippen molar-refractivity contribution in [3.63, 3.8) is 0 Å². The molecule has 0 aromatic heterocycles.